The molecule has 1 saturated heterocycles. The number of hydrogen-bond acceptors (Lipinski definition) is 5. The highest BCUT2D eigenvalue weighted by Crippen LogP contribution is 2.17. The SMILES string of the molecule is Cc1nc(CCNCC(=O)N2CCC(C(=O)O)CC2)cs1. The second-order valence-corrected chi connectivity index (χ2v) is 6.34. The van der Waals surface area contributed by atoms with Gasteiger partial charge in [-0.1, -0.05) is 0 Å². The maximum atomic E-state index is 12.0. The Morgan fingerprint density at radius 1 is 1.48 bits per heavy atom. The minimum absolute atomic E-state index is 0.0493. The number of nitrogens with one attached hydrogen (secondary N) is 1. The number of aryl methyl sites for hydroxylation is 1. The van der Waals surface area contributed by atoms with E-state index in [2.05, 4.69) is 10.3 Å². The van der Waals surface area contributed by atoms with Crippen LogP contribution in [0.4, 0.5) is 0 Å². The summed E-state index contributed by atoms with van der Waals surface area (Å²) in [5.74, 6) is -0.998. The molecule has 1 fully saturated rings. The van der Waals surface area contributed by atoms with Crippen molar-refractivity contribution >= 4 is 23.2 Å². The molecule has 2 N–H and O–H groups in total. The van der Waals surface area contributed by atoms with Crippen molar-refractivity contribution in [3.05, 3.63) is 16.1 Å². The molecule has 0 aromatic carbocycles. The Bertz CT molecular complexity index is 495. The summed E-state index contributed by atoms with van der Waals surface area (Å²) in [6.45, 7) is 4.10. The Kier molecular flexibility index (Phi) is 5.69. The van der Waals surface area contributed by atoms with Gasteiger partial charge in [0, 0.05) is 31.4 Å². The lowest BCUT2D eigenvalue weighted by atomic mass is 9.97. The quantitative estimate of drug-likeness (QED) is 0.763. The third kappa shape index (κ3) is 4.78. The Morgan fingerprint density at radius 3 is 2.76 bits per heavy atom. The van der Waals surface area contributed by atoms with Gasteiger partial charge in [-0.15, -0.1) is 11.3 Å². The maximum absolute atomic E-state index is 12.0. The van der Waals surface area contributed by atoms with Gasteiger partial charge in [0.25, 0.3) is 0 Å². The zero-order valence-corrected chi connectivity index (χ0v) is 13.0. The van der Waals surface area contributed by atoms with E-state index in [9.17, 15) is 9.59 Å². The molecule has 1 aromatic heterocycles. The van der Waals surface area contributed by atoms with Gasteiger partial charge in [0.1, 0.15) is 0 Å². The van der Waals surface area contributed by atoms with Gasteiger partial charge >= 0.3 is 5.97 Å². The van der Waals surface area contributed by atoms with Gasteiger partial charge in [-0.25, -0.2) is 4.98 Å². The normalized spacial score (nSPS) is 16.1. The summed E-state index contributed by atoms with van der Waals surface area (Å²) in [6.07, 6.45) is 1.93. The van der Waals surface area contributed by atoms with Crippen LogP contribution in [-0.4, -0.2) is 53.0 Å². The molecule has 1 amide bonds. The predicted octanol–water partition coefficient (Wildman–Crippen LogP) is 0.907. The highest BCUT2D eigenvalue weighted by molar-refractivity contribution is 7.09. The number of carbonyl (C=O) groups excluding carboxylic acids is 1. The first-order valence-corrected chi connectivity index (χ1v) is 8.06. The van der Waals surface area contributed by atoms with Crippen molar-refractivity contribution in [2.75, 3.05) is 26.2 Å². The van der Waals surface area contributed by atoms with Crippen LogP contribution in [0.25, 0.3) is 0 Å². The second kappa shape index (κ2) is 7.51. The number of hydrogen-bond donors (Lipinski definition) is 2. The summed E-state index contributed by atoms with van der Waals surface area (Å²) in [4.78, 5) is 29.0. The van der Waals surface area contributed by atoms with Crippen molar-refractivity contribution in [1.82, 2.24) is 15.2 Å². The van der Waals surface area contributed by atoms with E-state index in [0.29, 0.717) is 32.5 Å². The van der Waals surface area contributed by atoms with Crippen LogP contribution in [0.1, 0.15) is 23.5 Å². The molecular weight excluding hydrogens is 290 g/mol. The van der Waals surface area contributed by atoms with Crippen LogP contribution < -0.4 is 5.32 Å². The lowest BCUT2D eigenvalue weighted by Crippen LogP contribution is -2.44. The van der Waals surface area contributed by atoms with Crippen molar-refractivity contribution in [1.29, 1.82) is 0 Å². The molecular formula is C14H21N3O3S. The second-order valence-electron chi connectivity index (χ2n) is 5.28. The molecule has 0 aliphatic carbocycles. The first-order chi connectivity index (χ1) is 10.1. The summed E-state index contributed by atoms with van der Waals surface area (Å²) < 4.78 is 0. The van der Waals surface area contributed by atoms with Crippen LogP contribution >= 0.6 is 11.3 Å². The summed E-state index contributed by atoms with van der Waals surface area (Å²) in [7, 11) is 0. The van der Waals surface area contributed by atoms with E-state index in [4.69, 9.17) is 5.11 Å². The number of rotatable bonds is 6. The fourth-order valence-corrected chi connectivity index (χ4v) is 3.07. The summed E-state index contributed by atoms with van der Waals surface area (Å²) in [5, 5.41) is 15.2. The summed E-state index contributed by atoms with van der Waals surface area (Å²) in [6, 6.07) is 0. The molecule has 6 nitrogen and oxygen atoms in total. The van der Waals surface area contributed by atoms with Crippen molar-refractivity contribution in [2.24, 2.45) is 5.92 Å². The first kappa shape index (κ1) is 15.9. The van der Waals surface area contributed by atoms with Gasteiger partial charge in [0.2, 0.25) is 5.91 Å². The number of carboxylic acid groups (broad SMARTS) is 1. The van der Waals surface area contributed by atoms with Gasteiger partial charge in [0.15, 0.2) is 0 Å². The fraction of sp³-hybridized carbons (Fsp3) is 0.643. The van der Waals surface area contributed by atoms with E-state index < -0.39 is 5.97 Å². The minimum atomic E-state index is -0.751. The lowest BCUT2D eigenvalue weighted by Gasteiger charge is -2.30. The predicted molar refractivity (Wildman–Crippen MR) is 80.4 cm³/mol. The average Bonchev–Trinajstić information content (AvgIpc) is 2.89. The number of thiazole rings is 1. The minimum Gasteiger partial charge on any atom is -0.481 e. The Labute approximate surface area is 128 Å². The smallest absolute Gasteiger partial charge is 0.306 e. The fourth-order valence-electron chi connectivity index (χ4n) is 2.42. The van der Waals surface area contributed by atoms with Gasteiger partial charge in [-0.2, -0.15) is 0 Å². The van der Waals surface area contributed by atoms with Gasteiger partial charge in [-0.05, 0) is 19.8 Å². The first-order valence-electron chi connectivity index (χ1n) is 7.18. The van der Waals surface area contributed by atoms with Crippen molar-refractivity contribution in [3.8, 4) is 0 Å². The van der Waals surface area contributed by atoms with Crippen LogP contribution in [0.3, 0.4) is 0 Å². The molecule has 0 atom stereocenters. The van der Waals surface area contributed by atoms with Gasteiger partial charge in [-0.3, -0.25) is 9.59 Å². The molecule has 7 heteroatoms. The standard InChI is InChI=1S/C14H21N3O3S/c1-10-16-12(9-21-10)2-5-15-8-13(18)17-6-3-11(4-7-17)14(19)20/h9,11,15H,2-8H2,1H3,(H,19,20). The molecule has 2 heterocycles. The van der Waals surface area contributed by atoms with Crippen molar-refractivity contribution in [2.45, 2.75) is 26.2 Å². The van der Waals surface area contributed by atoms with E-state index >= 15 is 0 Å². The van der Waals surface area contributed by atoms with E-state index in [-0.39, 0.29) is 11.8 Å². The third-order valence-corrected chi connectivity index (χ3v) is 4.52. The number of aromatic nitrogens is 1. The molecule has 0 saturated carbocycles. The number of likely N-dealkylation sites (tertiary alicyclic amines) is 1. The molecule has 0 unspecified atom stereocenters. The number of aliphatic carboxylic acids is 1. The Hall–Kier alpha value is -1.47. The number of carbonyl (C=O) groups is 2. The molecule has 0 spiro atoms. The molecule has 0 bridgehead atoms. The van der Waals surface area contributed by atoms with Crippen LogP contribution in [-0.2, 0) is 16.0 Å². The number of amides is 1. The highest BCUT2D eigenvalue weighted by atomic mass is 32.1. The molecule has 116 valence electrons. The van der Waals surface area contributed by atoms with Crippen LogP contribution in [0.15, 0.2) is 5.38 Å². The summed E-state index contributed by atoms with van der Waals surface area (Å²) in [5.41, 5.74) is 1.06. The molecule has 21 heavy (non-hydrogen) atoms. The monoisotopic (exact) mass is 311 g/mol. The largest absolute Gasteiger partial charge is 0.481 e. The Balaban J connectivity index is 1.63. The van der Waals surface area contributed by atoms with Crippen LogP contribution in [0, 0.1) is 12.8 Å². The van der Waals surface area contributed by atoms with Crippen molar-refractivity contribution < 1.29 is 14.7 Å². The van der Waals surface area contributed by atoms with Crippen LogP contribution in [0.2, 0.25) is 0 Å². The van der Waals surface area contributed by atoms with Gasteiger partial charge < -0.3 is 15.3 Å². The zero-order valence-electron chi connectivity index (χ0n) is 12.2. The Morgan fingerprint density at radius 2 is 2.19 bits per heavy atom. The van der Waals surface area contributed by atoms with E-state index in [1.807, 2.05) is 12.3 Å². The molecule has 1 aliphatic rings. The van der Waals surface area contributed by atoms with E-state index in [0.717, 1.165) is 23.7 Å². The highest BCUT2D eigenvalue weighted by Gasteiger charge is 2.26. The summed E-state index contributed by atoms with van der Waals surface area (Å²) >= 11 is 1.63. The van der Waals surface area contributed by atoms with E-state index in [1.54, 1.807) is 16.2 Å². The number of carboxylic acids is 1. The molecule has 0 radical (unpaired) electrons. The number of piperidine rings is 1. The number of nitrogens with zero attached hydrogens (tertiary/aromatic N) is 2. The van der Waals surface area contributed by atoms with E-state index in [1.165, 1.54) is 0 Å². The average molecular weight is 311 g/mol. The lowest BCUT2D eigenvalue weighted by molar-refractivity contribution is -0.145. The van der Waals surface area contributed by atoms with Crippen molar-refractivity contribution in [3.63, 3.8) is 0 Å². The van der Waals surface area contributed by atoms with Crippen LogP contribution in [0.5, 0.6) is 0 Å². The third-order valence-electron chi connectivity index (χ3n) is 3.70. The van der Waals surface area contributed by atoms with Gasteiger partial charge in [0.05, 0.1) is 23.2 Å². The topological polar surface area (TPSA) is 82.5 Å². The molecule has 2 rings (SSSR count). The molecule has 1 aromatic rings. The zero-order chi connectivity index (χ0) is 15.2. The maximum Gasteiger partial charge on any atom is 0.306 e. The molecule has 1 aliphatic heterocycles.